The first-order valence-corrected chi connectivity index (χ1v) is 10.7. The van der Waals surface area contributed by atoms with Crippen molar-refractivity contribution in [1.29, 1.82) is 5.26 Å². The number of nitriles is 1. The molecule has 2 heterocycles. The zero-order chi connectivity index (χ0) is 19.3. The minimum Gasteiger partial charge on any atom is -0.374 e. The fraction of sp³-hybridized carbons (Fsp3) is 0.667. The molecule has 1 aromatic rings. The fourth-order valence-electron chi connectivity index (χ4n) is 2.71. The van der Waals surface area contributed by atoms with Crippen LogP contribution in [0.1, 0.15) is 26.0 Å². The van der Waals surface area contributed by atoms with Crippen molar-refractivity contribution in [2.45, 2.75) is 44.3 Å². The summed E-state index contributed by atoms with van der Waals surface area (Å²) in [6.07, 6.45) is 0.369. The number of aromatic amines is 1. The van der Waals surface area contributed by atoms with Crippen molar-refractivity contribution < 1.29 is 18.5 Å². The number of ether oxygens (including phenoxy) is 2. The molecule has 11 heteroatoms. The van der Waals surface area contributed by atoms with Gasteiger partial charge in [-0.15, -0.1) is 0 Å². The highest BCUT2D eigenvalue weighted by atomic mass is 127. The van der Waals surface area contributed by atoms with Gasteiger partial charge in [-0.25, -0.2) is 4.79 Å². The highest BCUT2D eigenvalue weighted by Crippen LogP contribution is 2.43. The molecule has 0 amide bonds. The average molecular weight is 497 g/mol. The topological polar surface area (TPSA) is 116 Å². The van der Waals surface area contributed by atoms with Crippen LogP contribution in [0.5, 0.6) is 0 Å². The molecule has 1 fully saturated rings. The van der Waals surface area contributed by atoms with Gasteiger partial charge in [0.25, 0.3) is 5.56 Å². The van der Waals surface area contributed by atoms with Crippen LogP contribution >= 0.6 is 31.0 Å². The molecule has 0 spiro atoms. The molecule has 0 radical (unpaired) electrons. The van der Waals surface area contributed by atoms with Crippen LogP contribution in [0.15, 0.2) is 15.8 Å². The van der Waals surface area contributed by atoms with E-state index in [-0.39, 0.29) is 12.5 Å². The molecule has 5 atom stereocenters. The Morgan fingerprint density at radius 1 is 1.46 bits per heavy atom. The van der Waals surface area contributed by atoms with Gasteiger partial charge < -0.3 is 18.5 Å². The van der Waals surface area contributed by atoms with Gasteiger partial charge in [-0.3, -0.25) is 14.3 Å². The van der Waals surface area contributed by atoms with Gasteiger partial charge in [0.2, 0.25) is 0 Å². The number of hydrogen-bond acceptors (Lipinski definition) is 7. The first-order valence-electron chi connectivity index (χ1n) is 8.02. The van der Waals surface area contributed by atoms with Crippen molar-refractivity contribution in [3.8, 4) is 6.07 Å². The number of nitrogens with one attached hydrogen (secondary N) is 1. The van der Waals surface area contributed by atoms with Gasteiger partial charge >= 0.3 is 5.69 Å². The van der Waals surface area contributed by atoms with Crippen LogP contribution in [0.3, 0.4) is 0 Å². The lowest BCUT2D eigenvalue weighted by atomic mass is 10.1. The Kier molecular flexibility index (Phi) is 8.19. The minimum atomic E-state index is -1.23. The molecular weight excluding hydrogens is 476 g/mol. The predicted octanol–water partition coefficient (Wildman–Crippen LogP) is 1.72. The quantitative estimate of drug-likeness (QED) is 0.331. The number of halogens is 1. The van der Waals surface area contributed by atoms with E-state index in [1.807, 2.05) is 35.6 Å². The van der Waals surface area contributed by atoms with Gasteiger partial charge in [-0.05, 0) is 29.0 Å². The van der Waals surface area contributed by atoms with Crippen LogP contribution in [-0.2, 0) is 18.5 Å². The maximum Gasteiger partial charge on any atom is 0.330 e. The summed E-state index contributed by atoms with van der Waals surface area (Å²) in [6.45, 7) is 4.04. The number of methoxy groups -OCH3 is 1. The molecular formula is C15H21IN3O6P. The highest BCUT2D eigenvalue weighted by Gasteiger charge is 2.47. The number of H-pyrrole nitrogens is 1. The lowest BCUT2D eigenvalue weighted by Gasteiger charge is -2.25. The number of rotatable bonds is 8. The SMILES string of the molecule is CC[C@H]1O[C@@H](n2cc(I)c(=O)[nH]c2=O)[C@@H](OC)C1OP(C)OCCC#N. The fourth-order valence-corrected chi connectivity index (χ4v) is 4.15. The van der Waals surface area contributed by atoms with Gasteiger partial charge in [-0.2, -0.15) is 5.26 Å². The van der Waals surface area contributed by atoms with E-state index >= 15 is 0 Å². The van der Waals surface area contributed by atoms with Gasteiger partial charge in [0.15, 0.2) is 14.6 Å². The summed E-state index contributed by atoms with van der Waals surface area (Å²) >= 11 is 1.86. The van der Waals surface area contributed by atoms with E-state index in [0.717, 1.165) is 0 Å². The summed E-state index contributed by atoms with van der Waals surface area (Å²) in [5.41, 5.74) is -1.01. The summed E-state index contributed by atoms with van der Waals surface area (Å²) in [7, 11) is 0.287. The van der Waals surface area contributed by atoms with Crippen molar-refractivity contribution in [2.24, 2.45) is 0 Å². The van der Waals surface area contributed by atoms with E-state index < -0.39 is 38.1 Å². The Balaban J connectivity index is 2.23. The smallest absolute Gasteiger partial charge is 0.330 e. The van der Waals surface area contributed by atoms with E-state index in [4.69, 9.17) is 23.8 Å². The Hall–Kier alpha value is -0.830. The summed E-state index contributed by atoms with van der Waals surface area (Å²) in [5.74, 6) is 0. The molecule has 2 unspecified atom stereocenters. The summed E-state index contributed by atoms with van der Waals surface area (Å²) < 4.78 is 24.8. The third-order valence-corrected chi connectivity index (χ3v) is 5.77. The van der Waals surface area contributed by atoms with Crippen LogP contribution < -0.4 is 11.2 Å². The third-order valence-electron chi connectivity index (χ3n) is 3.92. The second-order valence-corrected chi connectivity index (χ2v) is 8.08. The Morgan fingerprint density at radius 3 is 2.81 bits per heavy atom. The van der Waals surface area contributed by atoms with Crippen LogP contribution in [0.25, 0.3) is 0 Å². The second kappa shape index (κ2) is 9.92. The first kappa shape index (κ1) is 21.5. The highest BCUT2D eigenvalue weighted by molar-refractivity contribution is 14.1. The predicted molar refractivity (Wildman–Crippen MR) is 103 cm³/mol. The maximum atomic E-state index is 12.2. The standard InChI is InChI=1S/C15H21IN3O6P/c1-4-10-11(25-26(3)23-7-5-6-17)12(22-2)14(24-10)19-8-9(16)13(20)18-15(19)21/h8,10-12,14H,4-5,7H2,1-3H3,(H,18,20,21)/t10-,11?,12+,14-,26?/m1/s1. The lowest BCUT2D eigenvalue weighted by molar-refractivity contribution is -0.0539. The van der Waals surface area contributed by atoms with Gasteiger partial charge in [0.05, 0.1) is 28.8 Å². The van der Waals surface area contributed by atoms with Crippen LogP contribution in [0.2, 0.25) is 0 Å². The largest absolute Gasteiger partial charge is 0.374 e. The molecule has 0 aliphatic carbocycles. The molecule has 2 rings (SSSR count). The third kappa shape index (κ3) is 4.91. The van der Waals surface area contributed by atoms with Crippen molar-refractivity contribution >= 4 is 31.0 Å². The molecule has 1 aliphatic rings. The zero-order valence-electron chi connectivity index (χ0n) is 14.7. The Bertz CT molecular complexity index is 763. The van der Waals surface area contributed by atoms with E-state index in [2.05, 4.69) is 4.98 Å². The molecule has 26 heavy (non-hydrogen) atoms. The molecule has 0 bridgehead atoms. The first-order chi connectivity index (χ1) is 12.4. The lowest BCUT2D eigenvalue weighted by Crippen LogP contribution is -2.40. The normalized spacial score (nSPS) is 26.6. The maximum absolute atomic E-state index is 12.2. The zero-order valence-corrected chi connectivity index (χ0v) is 17.7. The summed E-state index contributed by atoms with van der Waals surface area (Å²) in [6, 6.07) is 2.01. The summed E-state index contributed by atoms with van der Waals surface area (Å²) in [5, 5.41) is 8.59. The number of nitrogens with zero attached hydrogens (tertiary/aromatic N) is 2. The molecule has 144 valence electrons. The van der Waals surface area contributed by atoms with Crippen molar-refractivity contribution in [1.82, 2.24) is 9.55 Å². The van der Waals surface area contributed by atoms with Crippen molar-refractivity contribution in [2.75, 3.05) is 20.4 Å². The molecule has 0 aromatic carbocycles. The summed E-state index contributed by atoms with van der Waals surface area (Å²) in [4.78, 5) is 26.1. The molecule has 1 N–H and O–H groups in total. The molecule has 1 aromatic heterocycles. The molecule has 1 aliphatic heterocycles. The van der Waals surface area contributed by atoms with Crippen LogP contribution in [-0.4, -0.2) is 48.2 Å². The average Bonchev–Trinajstić information content (AvgIpc) is 2.95. The van der Waals surface area contributed by atoms with E-state index in [9.17, 15) is 9.59 Å². The van der Waals surface area contributed by atoms with Crippen LogP contribution in [0.4, 0.5) is 0 Å². The van der Waals surface area contributed by atoms with Gasteiger partial charge in [0, 0.05) is 20.0 Å². The number of hydrogen-bond donors (Lipinski definition) is 1. The Labute approximate surface area is 165 Å². The molecule has 0 saturated carbocycles. The number of aromatic nitrogens is 2. The molecule has 1 saturated heterocycles. The van der Waals surface area contributed by atoms with Crippen LogP contribution in [0, 0.1) is 14.9 Å². The second-order valence-electron chi connectivity index (χ2n) is 5.57. The van der Waals surface area contributed by atoms with E-state index in [1.54, 1.807) is 6.66 Å². The van der Waals surface area contributed by atoms with Crippen molar-refractivity contribution in [3.05, 3.63) is 30.6 Å². The van der Waals surface area contributed by atoms with E-state index in [0.29, 0.717) is 16.6 Å². The van der Waals surface area contributed by atoms with Crippen molar-refractivity contribution in [3.63, 3.8) is 0 Å². The molecule has 9 nitrogen and oxygen atoms in total. The minimum absolute atomic E-state index is 0.288. The Morgan fingerprint density at radius 2 is 2.19 bits per heavy atom. The van der Waals surface area contributed by atoms with Gasteiger partial charge in [0.1, 0.15) is 12.2 Å². The van der Waals surface area contributed by atoms with Gasteiger partial charge in [-0.1, -0.05) is 6.92 Å². The van der Waals surface area contributed by atoms with E-state index in [1.165, 1.54) is 17.9 Å². The monoisotopic (exact) mass is 497 g/mol.